The molecular formula is C28H26N2O8S. The highest BCUT2D eigenvalue weighted by Gasteiger charge is 2.33. The predicted molar refractivity (Wildman–Crippen MR) is 142 cm³/mol. The minimum atomic E-state index is -0.810. The highest BCUT2D eigenvalue weighted by molar-refractivity contribution is 7.07. The molecule has 1 aromatic heterocycles. The third-order valence-electron chi connectivity index (χ3n) is 5.71. The van der Waals surface area contributed by atoms with Gasteiger partial charge in [-0.15, -0.1) is 0 Å². The van der Waals surface area contributed by atoms with Crippen LogP contribution in [-0.2, 0) is 19.1 Å². The van der Waals surface area contributed by atoms with Crippen LogP contribution in [0.2, 0.25) is 0 Å². The van der Waals surface area contributed by atoms with Crippen molar-refractivity contribution >= 4 is 35.3 Å². The Kier molecular flexibility index (Phi) is 8.10. The van der Waals surface area contributed by atoms with Crippen LogP contribution in [0, 0.1) is 0 Å². The number of benzene rings is 2. The highest BCUT2D eigenvalue weighted by Crippen LogP contribution is 2.32. The van der Waals surface area contributed by atoms with E-state index in [1.807, 2.05) is 0 Å². The Balaban J connectivity index is 1.86. The van der Waals surface area contributed by atoms with Gasteiger partial charge in [-0.1, -0.05) is 29.5 Å². The summed E-state index contributed by atoms with van der Waals surface area (Å²) in [4.78, 5) is 54.5. The van der Waals surface area contributed by atoms with Crippen LogP contribution in [0.1, 0.15) is 44.9 Å². The van der Waals surface area contributed by atoms with E-state index < -0.39 is 23.9 Å². The monoisotopic (exact) mass is 550 g/mol. The topological polar surface area (TPSA) is 122 Å². The molecule has 11 heteroatoms. The third-order valence-corrected chi connectivity index (χ3v) is 6.70. The molecule has 0 radical (unpaired) electrons. The maximum absolute atomic E-state index is 13.8. The van der Waals surface area contributed by atoms with Gasteiger partial charge in [0.2, 0.25) is 0 Å². The van der Waals surface area contributed by atoms with E-state index in [1.54, 1.807) is 62.4 Å². The van der Waals surface area contributed by atoms with E-state index in [0.717, 1.165) is 0 Å². The van der Waals surface area contributed by atoms with Crippen LogP contribution in [0.15, 0.2) is 63.5 Å². The summed E-state index contributed by atoms with van der Waals surface area (Å²) < 4.78 is 22.8. The summed E-state index contributed by atoms with van der Waals surface area (Å²) in [6.07, 6.45) is 1.67. The van der Waals surface area contributed by atoms with Crippen molar-refractivity contribution in [3.63, 3.8) is 0 Å². The molecule has 0 unspecified atom stereocenters. The summed E-state index contributed by atoms with van der Waals surface area (Å²) >= 11 is 1.17. The van der Waals surface area contributed by atoms with E-state index in [9.17, 15) is 19.2 Å². The molecule has 2 aromatic carbocycles. The van der Waals surface area contributed by atoms with Crippen molar-refractivity contribution in [2.75, 3.05) is 13.7 Å². The van der Waals surface area contributed by atoms with Gasteiger partial charge in [-0.05, 0) is 55.3 Å². The standard InChI is InChI=1S/C28H26N2O8S/c1-6-36-27(34)24-15(2)29-28-30(25(24)19-8-10-20(11-9-19)37-16(3)31)26(33)23(39-28)14-18-7-12-21(38-17(4)32)22(13-18)35-5/h7-14,25H,6H2,1-5H3/b23-14-/t25-/m1/s1. The van der Waals surface area contributed by atoms with Gasteiger partial charge < -0.3 is 18.9 Å². The second kappa shape index (κ2) is 11.5. The summed E-state index contributed by atoms with van der Waals surface area (Å²) in [5.41, 5.74) is 1.57. The van der Waals surface area contributed by atoms with Crippen molar-refractivity contribution < 1.29 is 33.3 Å². The fraction of sp³-hybridized carbons (Fsp3) is 0.250. The molecule has 39 heavy (non-hydrogen) atoms. The Labute approximate surface area is 227 Å². The van der Waals surface area contributed by atoms with Crippen LogP contribution in [-0.4, -0.2) is 36.2 Å². The van der Waals surface area contributed by atoms with Gasteiger partial charge in [0, 0.05) is 13.8 Å². The Morgan fingerprint density at radius 1 is 1.03 bits per heavy atom. The number of esters is 3. The van der Waals surface area contributed by atoms with Gasteiger partial charge in [0.05, 0.1) is 35.6 Å². The van der Waals surface area contributed by atoms with Crippen molar-refractivity contribution in [1.82, 2.24) is 4.57 Å². The van der Waals surface area contributed by atoms with Crippen molar-refractivity contribution in [3.05, 3.63) is 84.5 Å². The molecule has 3 aromatic rings. The van der Waals surface area contributed by atoms with Gasteiger partial charge in [0.1, 0.15) is 5.75 Å². The quantitative estimate of drug-likeness (QED) is 0.325. The zero-order valence-corrected chi connectivity index (χ0v) is 22.8. The lowest BCUT2D eigenvalue weighted by Crippen LogP contribution is -2.39. The van der Waals surface area contributed by atoms with E-state index in [-0.39, 0.29) is 23.5 Å². The molecule has 0 bridgehead atoms. The minimum absolute atomic E-state index is 0.156. The average molecular weight is 551 g/mol. The molecule has 1 atom stereocenters. The number of ether oxygens (including phenoxy) is 4. The van der Waals surface area contributed by atoms with Crippen molar-refractivity contribution in [2.24, 2.45) is 4.99 Å². The summed E-state index contributed by atoms with van der Waals surface area (Å²) in [5.74, 6) is -0.594. The number of hydrogen-bond acceptors (Lipinski definition) is 10. The Hall–Kier alpha value is -4.51. The molecule has 0 saturated carbocycles. The summed E-state index contributed by atoms with van der Waals surface area (Å²) in [5, 5.41) is 0. The minimum Gasteiger partial charge on any atom is -0.493 e. The molecule has 0 N–H and O–H groups in total. The van der Waals surface area contributed by atoms with Gasteiger partial charge in [-0.25, -0.2) is 9.79 Å². The summed E-state index contributed by atoms with van der Waals surface area (Å²) in [7, 11) is 1.45. The lowest BCUT2D eigenvalue weighted by atomic mass is 9.96. The second-order valence-corrected chi connectivity index (χ2v) is 9.48. The maximum atomic E-state index is 13.8. The zero-order chi connectivity index (χ0) is 28.3. The number of methoxy groups -OCH3 is 1. The fourth-order valence-electron chi connectivity index (χ4n) is 4.16. The Morgan fingerprint density at radius 3 is 2.33 bits per heavy atom. The van der Waals surface area contributed by atoms with E-state index in [1.165, 1.54) is 36.9 Å². The van der Waals surface area contributed by atoms with Gasteiger partial charge in [0.15, 0.2) is 16.3 Å². The first kappa shape index (κ1) is 27.5. The van der Waals surface area contributed by atoms with E-state index >= 15 is 0 Å². The van der Waals surface area contributed by atoms with Crippen molar-refractivity contribution in [3.8, 4) is 17.2 Å². The number of rotatable bonds is 7. The first-order chi connectivity index (χ1) is 18.6. The largest absolute Gasteiger partial charge is 0.493 e. The summed E-state index contributed by atoms with van der Waals surface area (Å²) in [6, 6.07) is 10.7. The number of fused-ring (bicyclic) bond motifs is 1. The maximum Gasteiger partial charge on any atom is 0.338 e. The molecule has 10 nitrogen and oxygen atoms in total. The number of carbonyl (C=O) groups excluding carboxylic acids is 3. The molecule has 202 valence electrons. The van der Waals surface area contributed by atoms with E-state index in [2.05, 4.69) is 4.99 Å². The smallest absolute Gasteiger partial charge is 0.338 e. The van der Waals surface area contributed by atoms with Gasteiger partial charge >= 0.3 is 17.9 Å². The second-order valence-electron chi connectivity index (χ2n) is 8.47. The SMILES string of the molecule is CCOC(=O)C1=C(C)N=c2s/c(=C\c3ccc(OC(C)=O)c(OC)c3)c(=O)n2[C@@H]1c1ccc(OC(C)=O)cc1. The molecule has 0 aliphatic carbocycles. The summed E-state index contributed by atoms with van der Waals surface area (Å²) in [6.45, 7) is 6.15. The van der Waals surface area contributed by atoms with Crippen LogP contribution in [0.5, 0.6) is 17.2 Å². The molecular weight excluding hydrogens is 524 g/mol. The normalized spacial score (nSPS) is 14.8. The number of hydrogen-bond donors (Lipinski definition) is 0. The average Bonchev–Trinajstić information content (AvgIpc) is 3.18. The van der Waals surface area contributed by atoms with Crippen molar-refractivity contribution in [1.29, 1.82) is 0 Å². The third kappa shape index (κ3) is 5.83. The zero-order valence-electron chi connectivity index (χ0n) is 22.0. The van der Waals surface area contributed by atoms with Crippen LogP contribution in [0.25, 0.3) is 6.08 Å². The van der Waals surface area contributed by atoms with Crippen LogP contribution in [0.4, 0.5) is 0 Å². The van der Waals surface area contributed by atoms with Crippen LogP contribution < -0.4 is 29.1 Å². The molecule has 0 spiro atoms. The number of thiazole rings is 1. The molecule has 0 saturated heterocycles. The molecule has 0 fully saturated rings. The lowest BCUT2D eigenvalue weighted by molar-refractivity contribution is -0.139. The molecule has 1 aliphatic heterocycles. The van der Waals surface area contributed by atoms with Crippen LogP contribution in [0.3, 0.4) is 0 Å². The first-order valence-electron chi connectivity index (χ1n) is 12.0. The number of carbonyl (C=O) groups is 3. The Bertz CT molecular complexity index is 1660. The Morgan fingerprint density at radius 2 is 1.72 bits per heavy atom. The fourth-order valence-corrected chi connectivity index (χ4v) is 5.20. The number of nitrogens with zero attached hydrogens (tertiary/aromatic N) is 2. The van der Waals surface area contributed by atoms with E-state index in [4.69, 9.17) is 18.9 Å². The predicted octanol–water partition coefficient (Wildman–Crippen LogP) is 2.66. The van der Waals surface area contributed by atoms with Gasteiger partial charge in [-0.3, -0.25) is 19.0 Å². The van der Waals surface area contributed by atoms with Crippen LogP contribution >= 0.6 is 11.3 Å². The first-order valence-corrected chi connectivity index (χ1v) is 12.8. The highest BCUT2D eigenvalue weighted by atomic mass is 32.1. The molecule has 0 amide bonds. The number of aromatic nitrogens is 1. The molecule has 1 aliphatic rings. The van der Waals surface area contributed by atoms with Gasteiger partial charge in [-0.2, -0.15) is 0 Å². The lowest BCUT2D eigenvalue weighted by Gasteiger charge is -2.24. The van der Waals surface area contributed by atoms with Crippen molar-refractivity contribution in [2.45, 2.75) is 33.7 Å². The van der Waals surface area contributed by atoms with E-state index in [0.29, 0.717) is 37.7 Å². The molecule has 4 rings (SSSR count). The number of allylic oxidation sites excluding steroid dienone is 1. The van der Waals surface area contributed by atoms with Gasteiger partial charge in [0.25, 0.3) is 5.56 Å². The molecule has 2 heterocycles.